The number of aliphatic hydroxyl groups excluding tert-OH is 2. The lowest BCUT2D eigenvalue weighted by atomic mass is 10.2. The van der Waals surface area contributed by atoms with Gasteiger partial charge in [-0.2, -0.15) is 0 Å². The van der Waals surface area contributed by atoms with E-state index in [0.717, 1.165) is 19.3 Å². The molecule has 26 heavy (non-hydrogen) atoms. The van der Waals surface area contributed by atoms with Crippen LogP contribution in [0.1, 0.15) is 45.4 Å². The monoisotopic (exact) mass is 360 g/mol. The molecule has 3 N–H and O–H groups in total. The van der Waals surface area contributed by atoms with Crippen molar-refractivity contribution in [2.45, 2.75) is 57.7 Å². The van der Waals surface area contributed by atoms with E-state index in [1.54, 1.807) is 19.1 Å². The Morgan fingerprint density at radius 1 is 0.808 bits per heavy atom. The first-order chi connectivity index (χ1) is 12.5. The third kappa shape index (κ3) is 19.9. The summed E-state index contributed by atoms with van der Waals surface area (Å²) in [4.78, 5) is 10.3. The topological polar surface area (TPSA) is 77.8 Å². The van der Waals surface area contributed by atoms with Gasteiger partial charge in [0.1, 0.15) is 0 Å². The summed E-state index contributed by atoms with van der Waals surface area (Å²) in [7, 11) is 0. The maximum absolute atomic E-state index is 10.3. The zero-order valence-electron chi connectivity index (χ0n) is 15.6. The molecule has 0 saturated carbocycles. The van der Waals surface area contributed by atoms with E-state index in [0.29, 0.717) is 12.8 Å². The van der Waals surface area contributed by atoms with Crippen molar-refractivity contribution in [1.82, 2.24) is 0 Å². The Morgan fingerprint density at radius 2 is 1.42 bits per heavy atom. The highest BCUT2D eigenvalue weighted by molar-refractivity contribution is 5.66. The van der Waals surface area contributed by atoms with Gasteiger partial charge < -0.3 is 15.3 Å². The first-order valence-corrected chi connectivity index (χ1v) is 9.05. The van der Waals surface area contributed by atoms with Gasteiger partial charge in [-0.3, -0.25) is 4.79 Å². The quantitative estimate of drug-likeness (QED) is 0.315. The number of allylic oxidation sites excluding steroid dienone is 9. The van der Waals surface area contributed by atoms with E-state index >= 15 is 0 Å². The molecule has 0 saturated heterocycles. The van der Waals surface area contributed by atoms with Crippen LogP contribution in [0.2, 0.25) is 0 Å². The fraction of sp³-hybridized carbons (Fsp3) is 0.409. The Hall–Kier alpha value is -2.17. The lowest BCUT2D eigenvalue weighted by molar-refractivity contribution is -0.136. The molecule has 0 bridgehead atoms. The summed E-state index contributed by atoms with van der Waals surface area (Å²) in [5.74, 6) is -0.769. The van der Waals surface area contributed by atoms with Crippen molar-refractivity contribution in [3.05, 3.63) is 72.9 Å². The van der Waals surface area contributed by atoms with Crippen molar-refractivity contribution in [3.63, 3.8) is 0 Å². The molecule has 0 aliphatic rings. The smallest absolute Gasteiger partial charge is 0.303 e. The minimum absolute atomic E-state index is 0.178. The second kappa shape index (κ2) is 17.6. The van der Waals surface area contributed by atoms with Crippen molar-refractivity contribution >= 4 is 5.97 Å². The van der Waals surface area contributed by atoms with E-state index in [9.17, 15) is 9.90 Å². The molecule has 0 heterocycles. The molecule has 4 heteroatoms. The van der Waals surface area contributed by atoms with E-state index in [-0.39, 0.29) is 6.42 Å². The molecule has 0 spiro atoms. The van der Waals surface area contributed by atoms with Gasteiger partial charge in [-0.15, -0.1) is 0 Å². The number of hydrogen-bond donors (Lipinski definition) is 3. The molecular formula is C22H32O4. The van der Waals surface area contributed by atoms with Crippen LogP contribution in [-0.2, 0) is 4.79 Å². The highest BCUT2D eigenvalue weighted by atomic mass is 16.4. The fourth-order valence-corrected chi connectivity index (χ4v) is 1.88. The second-order valence-electron chi connectivity index (χ2n) is 5.84. The Labute approximate surface area is 157 Å². The lowest BCUT2D eigenvalue weighted by Crippen LogP contribution is -1.98. The number of carbonyl (C=O) groups is 1. The molecule has 0 radical (unpaired) electrons. The predicted molar refractivity (Wildman–Crippen MR) is 108 cm³/mol. The van der Waals surface area contributed by atoms with Crippen LogP contribution in [0.15, 0.2) is 72.9 Å². The first-order valence-electron chi connectivity index (χ1n) is 9.05. The van der Waals surface area contributed by atoms with Gasteiger partial charge in [-0.1, -0.05) is 72.9 Å². The minimum atomic E-state index is -0.769. The number of hydrogen-bond acceptors (Lipinski definition) is 3. The molecule has 0 fully saturated rings. The zero-order valence-corrected chi connectivity index (χ0v) is 15.6. The summed E-state index contributed by atoms with van der Waals surface area (Å²) >= 11 is 0. The Balaban J connectivity index is 3.74. The van der Waals surface area contributed by atoms with E-state index < -0.39 is 18.2 Å². The van der Waals surface area contributed by atoms with Crippen LogP contribution >= 0.6 is 0 Å². The molecule has 0 rings (SSSR count). The summed E-state index contributed by atoms with van der Waals surface area (Å²) in [6.45, 7) is 1.71. The zero-order chi connectivity index (χ0) is 19.5. The normalized spacial score (nSPS) is 15.5. The summed E-state index contributed by atoms with van der Waals surface area (Å²) in [5, 5.41) is 27.3. The maximum Gasteiger partial charge on any atom is 0.303 e. The van der Waals surface area contributed by atoms with Crippen molar-refractivity contribution < 1.29 is 20.1 Å². The SMILES string of the molecule is CC(O)C=CCC=CCC(O)C=CC=CCC=CCC=CCCC(=O)O. The van der Waals surface area contributed by atoms with Crippen LogP contribution in [0.5, 0.6) is 0 Å². The molecule has 2 unspecified atom stereocenters. The van der Waals surface area contributed by atoms with Gasteiger partial charge in [0.15, 0.2) is 0 Å². The molecule has 144 valence electrons. The highest BCUT2D eigenvalue weighted by Gasteiger charge is 1.93. The van der Waals surface area contributed by atoms with Crippen molar-refractivity contribution in [3.8, 4) is 0 Å². The third-order valence-corrected chi connectivity index (χ3v) is 3.21. The Kier molecular flexibility index (Phi) is 16.2. The van der Waals surface area contributed by atoms with E-state index in [1.165, 1.54) is 0 Å². The predicted octanol–water partition coefficient (Wildman–Crippen LogP) is 4.49. The third-order valence-electron chi connectivity index (χ3n) is 3.21. The average molecular weight is 360 g/mol. The average Bonchev–Trinajstić information content (AvgIpc) is 2.58. The fourth-order valence-electron chi connectivity index (χ4n) is 1.88. The van der Waals surface area contributed by atoms with Gasteiger partial charge >= 0.3 is 5.97 Å². The number of aliphatic carboxylic acids is 1. The molecule has 0 aromatic rings. The van der Waals surface area contributed by atoms with Crippen LogP contribution < -0.4 is 0 Å². The molecule has 0 aromatic carbocycles. The number of carboxylic acids is 1. The molecule has 2 atom stereocenters. The van der Waals surface area contributed by atoms with E-state index in [1.807, 2.05) is 60.8 Å². The Bertz CT molecular complexity index is 522. The number of carboxylic acid groups (broad SMARTS) is 1. The van der Waals surface area contributed by atoms with Crippen LogP contribution in [0, 0.1) is 0 Å². The summed E-state index contributed by atoms with van der Waals surface area (Å²) in [6.07, 6.45) is 25.7. The van der Waals surface area contributed by atoms with Gasteiger partial charge in [0.05, 0.1) is 12.2 Å². The molecule has 0 aliphatic heterocycles. The molecule has 0 amide bonds. The Morgan fingerprint density at radius 3 is 2.12 bits per heavy atom. The largest absolute Gasteiger partial charge is 0.481 e. The van der Waals surface area contributed by atoms with Gasteiger partial charge in [0.2, 0.25) is 0 Å². The standard InChI is InChI=1S/C22H32O4/c1-20(23)16-12-10-11-14-18-21(24)17-13-8-6-4-2-3-5-7-9-15-19-22(25)26/h2-3,6-9,11-14,16-17,20-21,23-24H,4-5,10,15,18-19H2,1H3,(H,25,26). The van der Waals surface area contributed by atoms with Crippen LogP contribution in [0.4, 0.5) is 0 Å². The summed E-state index contributed by atoms with van der Waals surface area (Å²) in [5.41, 5.74) is 0. The maximum atomic E-state index is 10.3. The summed E-state index contributed by atoms with van der Waals surface area (Å²) < 4.78 is 0. The van der Waals surface area contributed by atoms with Gasteiger partial charge in [0, 0.05) is 6.42 Å². The van der Waals surface area contributed by atoms with Crippen molar-refractivity contribution in [2.24, 2.45) is 0 Å². The molecule has 4 nitrogen and oxygen atoms in total. The van der Waals surface area contributed by atoms with Crippen molar-refractivity contribution in [1.29, 1.82) is 0 Å². The van der Waals surface area contributed by atoms with Crippen molar-refractivity contribution in [2.75, 3.05) is 0 Å². The van der Waals surface area contributed by atoms with Gasteiger partial charge in [-0.05, 0) is 39.0 Å². The van der Waals surface area contributed by atoms with E-state index in [4.69, 9.17) is 10.2 Å². The van der Waals surface area contributed by atoms with Crippen LogP contribution in [-0.4, -0.2) is 33.5 Å². The molecule has 0 aromatic heterocycles. The molecular weight excluding hydrogens is 328 g/mol. The van der Waals surface area contributed by atoms with Gasteiger partial charge in [0.25, 0.3) is 0 Å². The first kappa shape index (κ1) is 23.8. The number of aliphatic hydroxyl groups is 2. The van der Waals surface area contributed by atoms with Crippen LogP contribution in [0.25, 0.3) is 0 Å². The van der Waals surface area contributed by atoms with Gasteiger partial charge in [-0.25, -0.2) is 0 Å². The lowest BCUT2D eigenvalue weighted by Gasteiger charge is -1.98. The van der Waals surface area contributed by atoms with Crippen LogP contribution in [0.3, 0.4) is 0 Å². The highest BCUT2D eigenvalue weighted by Crippen LogP contribution is 1.99. The molecule has 0 aliphatic carbocycles. The second-order valence-corrected chi connectivity index (χ2v) is 5.84. The van der Waals surface area contributed by atoms with E-state index in [2.05, 4.69) is 0 Å². The summed E-state index contributed by atoms with van der Waals surface area (Å²) in [6, 6.07) is 0. The minimum Gasteiger partial charge on any atom is -0.481 e. The number of rotatable bonds is 14.